The van der Waals surface area contributed by atoms with E-state index in [0.29, 0.717) is 0 Å². The van der Waals surface area contributed by atoms with E-state index in [-0.39, 0.29) is 0 Å². The normalized spacial score (nSPS) is 14.1. The molecule has 0 amide bonds. The molecule has 0 unspecified atom stereocenters. The lowest BCUT2D eigenvalue weighted by atomic mass is 10.1. The highest BCUT2D eigenvalue weighted by molar-refractivity contribution is 5.01. The molecular formula is C29H52N2O2. The standard InChI is InChI=1S/C15H27NO.C14H25NO/c1-2-3-4-5-6-7-8-9-10-13-16-14-11-12-15-17-16;1-2-3-4-5-6-7-8-9-12-15-13-10-11-14-16-15/h11-12,14-15H,2-10,13H2,1H3;10-11,13-14H,2-9,12H2,1H3. The van der Waals surface area contributed by atoms with E-state index in [4.69, 9.17) is 9.68 Å². The van der Waals surface area contributed by atoms with Crippen LogP contribution in [0.1, 0.15) is 123 Å². The predicted octanol–water partition coefficient (Wildman–Crippen LogP) is 9.19. The molecule has 0 N–H and O–H groups in total. The zero-order valence-corrected chi connectivity index (χ0v) is 21.8. The molecule has 190 valence electrons. The summed E-state index contributed by atoms with van der Waals surface area (Å²) in [6.45, 7) is 6.55. The second-order valence-electron chi connectivity index (χ2n) is 9.14. The van der Waals surface area contributed by atoms with Gasteiger partial charge in [0.1, 0.15) is 12.5 Å². The maximum absolute atomic E-state index is 5.32. The first-order valence-electron chi connectivity index (χ1n) is 13.9. The first-order chi connectivity index (χ1) is 16.4. The van der Waals surface area contributed by atoms with Gasteiger partial charge in [-0.05, 0) is 37.1 Å². The fraction of sp³-hybridized carbons (Fsp3) is 0.724. The van der Waals surface area contributed by atoms with E-state index in [2.05, 4.69) is 13.8 Å². The fourth-order valence-electron chi connectivity index (χ4n) is 3.91. The number of nitrogens with zero attached hydrogens (tertiary/aromatic N) is 2. The fourth-order valence-corrected chi connectivity index (χ4v) is 3.91. The summed E-state index contributed by atoms with van der Waals surface area (Å²) in [7, 11) is 0. The smallest absolute Gasteiger partial charge is 0.119 e. The molecule has 0 saturated heterocycles. The lowest BCUT2D eigenvalue weighted by molar-refractivity contribution is -0.0604. The van der Waals surface area contributed by atoms with E-state index in [1.807, 2.05) is 46.8 Å². The number of rotatable bonds is 19. The summed E-state index contributed by atoms with van der Waals surface area (Å²) in [6, 6.07) is 0. The van der Waals surface area contributed by atoms with Crippen LogP contribution in [0.2, 0.25) is 0 Å². The maximum atomic E-state index is 5.32. The molecule has 0 aromatic rings. The van der Waals surface area contributed by atoms with Gasteiger partial charge in [-0.25, -0.2) is 10.1 Å². The van der Waals surface area contributed by atoms with Gasteiger partial charge in [-0.1, -0.05) is 110 Å². The van der Waals surface area contributed by atoms with E-state index in [1.54, 1.807) is 12.5 Å². The van der Waals surface area contributed by atoms with Crippen molar-refractivity contribution in [2.45, 2.75) is 123 Å². The Kier molecular flexibility index (Phi) is 20.6. The Balaban J connectivity index is 0.000000331. The minimum Gasteiger partial charge on any atom is -0.388 e. The lowest BCUT2D eigenvalue weighted by Gasteiger charge is -2.19. The summed E-state index contributed by atoms with van der Waals surface area (Å²) >= 11 is 0. The average molecular weight is 461 g/mol. The molecule has 33 heavy (non-hydrogen) atoms. The van der Waals surface area contributed by atoms with E-state index >= 15 is 0 Å². The molecule has 0 spiro atoms. The van der Waals surface area contributed by atoms with Crippen molar-refractivity contribution in [3.8, 4) is 0 Å². The van der Waals surface area contributed by atoms with Crippen molar-refractivity contribution in [1.29, 1.82) is 0 Å². The van der Waals surface area contributed by atoms with Crippen LogP contribution in [0.25, 0.3) is 0 Å². The van der Waals surface area contributed by atoms with Gasteiger partial charge in [0, 0.05) is 12.4 Å². The quantitative estimate of drug-likeness (QED) is 0.179. The molecule has 0 fully saturated rings. The monoisotopic (exact) mass is 460 g/mol. The SMILES string of the molecule is CCCCCCCCCCCN1C=CC=CO1.CCCCCCCCCCN1C=CC=CO1. The van der Waals surface area contributed by atoms with Gasteiger partial charge in [0.05, 0.1) is 13.1 Å². The summed E-state index contributed by atoms with van der Waals surface area (Å²) in [5.41, 5.74) is 0. The second kappa shape index (κ2) is 23.3. The van der Waals surface area contributed by atoms with Gasteiger partial charge in [-0.2, -0.15) is 0 Å². The predicted molar refractivity (Wildman–Crippen MR) is 142 cm³/mol. The van der Waals surface area contributed by atoms with E-state index in [9.17, 15) is 0 Å². The van der Waals surface area contributed by atoms with Crippen molar-refractivity contribution < 1.29 is 9.68 Å². The Hall–Kier alpha value is -1.84. The summed E-state index contributed by atoms with van der Waals surface area (Å²) in [5, 5.41) is 3.80. The Morgan fingerprint density at radius 3 is 1.06 bits per heavy atom. The third-order valence-electron chi connectivity index (χ3n) is 5.99. The van der Waals surface area contributed by atoms with Crippen LogP contribution in [0.5, 0.6) is 0 Å². The first kappa shape index (κ1) is 29.2. The molecule has 2 aliphatic rings. The molecule has 0 radical (unpaired) electrons. The third-order valence-corrected chi connectivity index (χ3v) is 5.99. The number of hydrogen-bond donors (Lipinski definition) is 0. The van der Waals surface area contributed by atoms with Crippen LogP contribution < -0.4 is 0 Å². The number of hydrogen-bond acceptors (Lipinski definition) is 4. The molecule has 4 nitrogen and oxygen atoms in total. The molecule has 0 atom stereocenters. The Bertz CT molecular complexity index is 528. The summed E-state index contributed by atoms with van der Waals surface area (Å²) < 4.78 is 0. The van der Waals surface area contributed by atoms with Crippen LogP contribution in [-0.2, 0) is 9.68 Å². The van der Waals surface area contributed by atoms with Crippen LogP contribution in [0.15, 0.2) is 49.2 Å². The molecule has 2 heterocycles. The van der Waals surface area contributed by atoms with Gasteiger partial charge >= 0.3 is 0 Å². The van der Waals surface area contributed by atoms with Gasteiger partial charge < -0.3 is 9.68 Å². The minimum absolute atomic E-state index is 1.01. The van der Waals surface area contributed by atoms with Gasteiger partial charge in [0.25, 0.3) is 0 Å². The Labute approximate surface area is 205 Å². The van der Waals surface area contributed by atoms with Crippen molar-refractivity contribution >= 4 is 0 Å². The molecule has 2 aliphatic heterocycles. The molecule has 2 rings (SSSR count). The zero-order valence-electron chi connectivity index (χ0n) is 21.8. The van der Waals surface area contributed by atoms with Crippen molar-refractivity contribution in [1.82, 2.24) is 10.1 Å². The molecule has 0 aliphatic carbocycles. The molecule has 0 aromatic heterocycles. The van der Waals surface area contributed by atoms with Crippen LogP contribution >= 0.6 is 0 Å². The topological polar surface area (TPSA) is 24.9 Å². The highest BCUT2D eigenvalue weighted by Gasteiger charge is 2.01. The molecule has 0 aromatic carbocycles. The van der Waals surface area contributed by atoms with Crippen LogP contribution in [0.3, 0.4) is 0 Å². The van der Waals surface area contributed by atoms with Gasteiger partial charge in [-0.3, -0.25) is 0 Å². The van der Waals surface area contributed by atoms with Crippen molar-refractivity contribution in [3.63, 3.8) is 0 Å². The maximum Gasteiger partial charge on any atom is 0.119 e. The number of allylic oxidation sites excluding steroid dienone is 4. The van der Waals surface area contributed by atoms with Crippen molar-refractivity contribution in [2.75, 3.05) is 13.1 Å². The summed E-state index contributed by atoms with van der Waals surface area (Å²) in [6.07, 6.45) is 38.5. The van der Waals surface area contributed by atoms with Crippen molar-refractivity contribution in [2.24, 2.45) is 0 Å². The highest BCUT2D eigenvalue weighted by atomic mass is 16.7. The zero-order chi connectivity index (χ0) is 23.7. The highest BCUT2D eigenvalue weighted by Crippen LogP contribution is 2.11. The van der Waals surface area contributed by atoms with Crippen molar-refractivity contribution in [3.05, 3.63) is 49.2 Å². The Morgan fingerprint density at radius 2 is 0.758 bits per heavy atom. The van der Waals surface area contributed by atoms with Gasteiger partial charge in [0.2, 0.25) is 0 Å². The molecular weight excluding hydrogens is 408 g/mol. The Morgan fingerprint density at radius 1 is 0.424 bits per heavy atom. The first-order valence-corrected chi connectivity index (χ1v) is 13.9. The van der Waals surface area contributed by atoms with E-state index in [0.717, 1.165) is 13.1 Å². The number of unbranched alkanes of at least 4 members (excludes halogenated alkanes) is 15. The van der Waals surface area contributed by atoms with Gasteiger partial charge in [0.15, 0.2) is 0 Å². The molecule has 0 bridgehead atoms. The van der Waals surface area contributed by atoms with Crippen LogP contribution in [0, 0.1) is 0 Å². The molecule has 4 heteroatoms. The van der Waals surface area contributed by atoms with Crippen LogP contribution in [0.4, 0.5) is 0 Å². The minimum atomic E-state index is 1.01. The molecule has 0 saturated carbocycles. The van der Waals surface area contributed by atoms with E-state index in [1.165, 1.54) is 109 Å². The largest absolute Gasteiger partial charge is 0.388 e. The van der Waals surface area contributed by atoms with Gasteiger partial charge in [-0.15, -0.1) is 0 Å². The lowest BCUT2D eigenvalue weighted by Crippen LogP contribution is -2.17. The average Bonchev–Trinajstić information content (AvgIpc) is 2.86. The second-order valence-corrected chi connectivity index (χ2v) is 9.14. The summed E-state index contributed by atoms with van der Waals surface area (Å²) in [4.78, 5) is 10.6. The number of hydroxylamine groups is 4. The third kappa shape index (κ3) is 19.3. The van der Waals surface area contributed by atoms with Crippen LogP contribution in [-0.4, -0.2) is 23.2 Å². The summed E-state index contributed by atoms with van der Waals surface area (Å²) in [5.74, 6) is 0. The van der Waals surface area contributed by atoms with E-state index < -0.39 is 0 Å².